The minimum absolute atomic E-state index is 0.421. The minimum atomic E-state index is 0.421. The first kappa shape index (κ1) is 14.4. The third-order valence-electron chi connectivity index (χ3n) is 3.03. The van der Waals surface area contributed by atoms with Gasteiger partial charge in [0.15, 0.2) is 0 Å². The van der Waals surface area contributed by atoms with Crippen LogP contribution in [0.4, 0.5) is 0 Å². The van der Waals surface area contributed by atoms with Crippen molar-refractivity contribution < 1.29 is 0 Å². The average Bonchev–Trinajstić information content (AvgIpc) is 2.46. The lowest BCUT2D eigenvalue weighted by Crippen LogP contribution is -2.30. The molecule has 1 nitrogen and oxygen atoms in total. The van der Waals surface area contributed by atoms with Gasteiger partial charge in [-0.3, -0.25) is 0 Å². The van der Waals surface area contributed by atoms with Crippen LogP contribution in [0.5, 0.6) is 0 Å². The van der Waals surface area contributed by atoms with Crippen molar-refractivity contribution in [2.24, 2.45) is 0 Å². The summed E-state index contributed by atoms with van der Waals surface area (Å²) in [6.07, 6.45) is 0.954. The lowest BCUT2D eigenvalue weighted by molar-refractivity contribution is 0.617. The quantitative estimate of drug-likeness (QED) is 0.798. The first-order chi connectivity index (χ1) is 9.29. The maximum Gasteiger partial charge on any atom is 0.0438 e. The molecule has 1 unspecified atom stereocenters. The highest BCUT2D eigenvalue weighted by Gasteiger charge is 2.10. The van der Waals surface area contributed by atoms with Crippen LogP contribution in [0, 0.1) is 0 Å². The smallest absolute Gasteiger partial charge is 0.0438 e. The third kappa shape index (κ3) is 4.57. The molecule has 0 aliphatic heterocycles. The van der Waals surface area contributed by atoms with E-state index in [1.54, 1.807) is 0 Å². The van der Waals surface area contributed by atoms with Crippen molar-refractivity contribution >= 4 is 23.4 Å². The van der Waals surface area contributed by atoms with Crippen molar-refractivity contribution in [1.82, 2.24) is 5.32 Å². The van der Waals surface area contributed by atoms with Crippen molar-refractivity contribution in [2.75, 3.05) is 12.8 Å². The fourth-order valence-corrected chi connectivity index (χ4v) is 3.13. The molecule has 0 aliphatic rings. The van der Waals surface area contributed by atoms with E-state index < -0.39 is 0 Å². The van der Waals surface area contributed by atoms with Crippen LogP contribution in [0.25, 0.3) is 0 Å². The Kier molecular flexibility index (Phi) is 5.77. The Balaban J connectivity index is 1.92. The summed E-state index contributed by atoms with van der Waals surface area (Å²) in [6, 6.07) is 19.0. The van der Waals surface area contributed by atoms with E-state index in [0.717, 1.165) is 17.2 Å². The number of nitrogens with one attached hydrogen (secondary N) is 1. The number of halogens is 1. The Labute approximate surface area is 124 Å². The molecule has 2 rings (SSSR count). The highest BCUT2D eigenvalue weighted by atomic mass is 35.5. The first-order valence-corrected chi connectivity index (χ1v) is 7.74. The number of rotatable bonds is 6. The van der Waals surface area contributed by atoms with Crippen LogP contribution in [0.2, 0.25) is 5.02 Å². The number of hydrogen-bond acceptors (Lipinski definition) is 2. The molecule has 2 aromatic rings. The lowest BCUT2D eigenvalue weighted by atomic mass is 10.1. The monoisotopic (exact) mass is 291 g/mol. The van der Waals surface area contributed by atoms with Crippen LogP contribution in [0.3, 0.4) is 0 Å². The molecule has 1 atom stereocenters. The van der Waals surface area contributed by atoms with E-state index in [1.807, 2.05) is 43.1 Å². The van der Waals surface area contributed by atoms with Crippen LogP contribution in [-0.2, 0) is 6.42 Å². The molecule has 0 heterocycles. The Bertz CT molecular complexity index is 501. The van der Waals surface area contributed by atoms with Crippen LogP contribution in [0.1, 0.15) is 5.56 Å². The predicted molar refractivity (Wildman–Crippen MR) is 85.2 cm³/mol. The number of likely N-dealkylation sites (N-methyl/N-ethyl adjacent to an activating group) is 1. The highest BCUT2D eigenvalue weighted by molar-refractivity contribution is 7.99. The van der Waals surface area contributed by atoms with E-state index in [1.165, 1.54) is 10.5 Å². The van der Waals surface area contributed by atoms with E-state index in [2.05, 4.69) is 35.6 Å². The molecule has 2 aromatic carbocycles. The SMILES string of the molecule is CNC(CSc1ccccc1)Cc1ccccc1Cl. The minimum Gasteiger partial charge on any atom is -0.316 e. The molecule has 0 spiro atoms. The molecule has 1 N–H and O–H groups in total. The Hall–Kier alpha value is -0.960. The Morgan fingerprint density at radius 1 is 1.05 bits per heavy atom. The van der Waals surface area contributed by atoms with Crippen LogP contribution >= 0.6 is 23.4 Å². The second-order valence-electron chi connectivity index (χ2n) is 4.41. The van der Waals surface area contributed by atoms with Crippen molar-refractivity contribution in [3.05, 3.63) is 65.2 Å². The first-order valence-electron chi connectivity index (χ1n) is 6.38. The van der Waals surface area contributed by atoms with Gasteiger partial charge in [0.2, 0.25) is 0 Å². The van der Waals surface area contributed by atoms with E-state index in [0.29, 0.717) is 6.04 Å². The third-order valence-corrected chi connectivity index (χ3v) is 4.57. The zero-order chi connectivity index (χ0) is 13.5. The molecule has 0 aliphatic carbocycles. The Morgan fingerprint density at radius 3 is 2.42 bits per heavy atom. The van der Waals surface area contributed by atoms with E-state index in [9.17, 15) is 0 Å². The molecular formula is C16H18ClNS. The van der Waals surface area contributed by atoms with E-state index in [-0.39, 0.29) is 0 Å². The highest BCUT2D eigenvalue weighted by Crippen LogP contribution is 2.21. The van der Waals surface area contributed by atoms with Gasteiger partial charge in [0.05, 0.1) is 0 Å². The summed E-state index contributed by atoms with van der Waals surface area (Å²) in [6.45, 7) is 0. The lowest BCUT2D eigenvalue weighted by Gasteiger charge is -2.16. The maximum atomic E-state index is 6.21. The van der Waals surface area contributed by atoms with Crippen molar-refractivity contribution in [1.29, 1.82) is 0 Å². The summed E-state index contributed by atoms with van der Waals surface area (Å²) in [4.78, 5) is 1.31. The van der Waals surface area contributed by atoms with Crippen LogP contribution in [0.15, 0.2) is 59.5 Å². The van der Waals surface area contributed by atoms with Gasteiger partial charge in [-0.05, 0) is 37.2 Å². The molecule has 0 saturated carbocycles. The van der Waals surface area contributed by atoms with Gasteiger partial charge >= 0.3 is 0 Å². The van der Waals surface area contributed by atoms with Gasteiger partial charge in [-0.25, -0.2) is 0 Å². The number of benzene rings is 2. The largest absolute Gasteiger partial charge is 0.316 e. The maximum absolute atomic E-state index is 6.21. The van der Waals surface area contributed by atoms with Gasteiger partial charge in [0.1, 0.15) is 0 Å². The summed E-state index contributed by atoms with van der Waals surface area (Å²) in [5, 5.41) is 4.22. The average molecular weight is 292 g/mol. The zero-order valence-electron chi connectivity index (χ0n) is 11.0. The number of thioether (sulfide) groups is 1. The standard InChI is InChI=1S/C16H18ClNS/c1-18-14(11-13-7-5-6-10-16(13)17)12-19-15-8-3-2-4-9-15/h2-10,14,18H,11-12H2,1H3. The second-order valence-corrected chi connectivity index (χ2v) is 5.91. The summed E-state index contributed by atoms with van der Waals surface area (Å²) >= 11 is 8.08. The topological polar surface area (TPSA) is 12.0 Å². The second kappa shape index (κ2) is 7.59. The van der Waals surface area contributed by atoms with Crippen LogP contribution in [-0.4, -0.2) is 18.8 Å². The predicted octanol–water partition coefficient (Wildman–Crippen LogP) is 4.26. The molecule has 3 heteroatoms. The van der Waals surface area contributed by atoms with Gasteiger partial charge in [-0.2, -0.15) is 0 Å². The van der Waals surface area contributed by atoms with Crippen LogP contribution < -0.4 is 5.32 Å². The molecule has 0 radical (unpaired) electrons. The summed E-state index contributed by atoms with van der Waals surface area (Å²) < 4.78 is 0. The van der Waals surface area contributed by atoms with Gasteiger partial charge in [0, 0.05) is 21.7 Å². The van der Waals surface area contributed by atoms with Crippen molar-refractivity contribution in [3.8, 4) is 0 Å². The number of hydrogen-bond donors (Lipinski definition) is 1. The molecular weight excluding hydrogens is 274 g/mol. The van der Waals surface area contributed by atoms with Gasteiger partial charge in [-0.15, -0.1) is 11.8 Å². The van der Waals surface area contributed by atoms with Gasteiger partial charge < -0.3 is 5.32 Å². The molecule has 0 fully saturated rings. The summed E-state index contributed by atoms with van der Waals surface area (Å²) in [5.74, 6) is 1.03. The summed E-state index contributed by atoms with van der Waals surface area (Å²) in [5.41, 5.74) is 1.21. The van der Waals surface area contributed by atoms with E-state index >= 15 is 0 Å². The van der Waals surface area contributed by atoms with Gasteiger partial charge in [-0.1, -0.05) is 48.0 Å². The zero-order valence-corrected chi connectivity index (χ0v) is 12.5. The fraction of sp³-hybridized carbons (Fsp3) is 0.250. The normalized spacial score (nSPS) is 12.3. The molecule has 19 heavy (non-hydrogen) atoms. The molecule has 0 saturated heterocycles. The van der Waals surface area contributed by atoms with E-state index in [4.69, 9.17) is 11.6 Å². The van der Waals surface area contributed by atoms with Crippen molar-refractivity contribution in [3.63, 3.8) is 0 Å². The van der Waals surface area contributed by atoms with Gasteiger partial charge in [0.25, 0.3) is 0 Å². The fourth-order valence-electron chi connectivity index (χ4n) is 1.89. The molecule has 100 valence electrons. The Morgan fingerprint density at radius 2 is 1.74 bits per heavy atom. The van der Waals surface area contributed by atoms with Crippen molar-refractivity contribution in [2.45, 2.75) is 17.4 Å². The molecule has 0 aromatic heterocycles. The molecule has 0 bridgehead atoms. The summed E-state index contributed by atoms with van der Waals surface area (Å²) in [7, 11) is 2.01. The molecule has 0 amide bonds.